The van der Waals surface area contributed by atoms with Gasteiger partial charge in [0.25, 0.3) is 0 Å². The minimum absolute atomic E-state index is 0.0626. The van der Waals surface area contributed by atoms with Gasteiger partial charge >= 0.3 is 0 Å². The SMILES string of the molecule is O=CC1C=CC(SCl)=CC1. The Morgan fingerprint density at radius 1 is 1.80 bits per heavy atom. The van der Waals surface area contributed by atoms with E-state index in [9.17, 15) is 4.79 Å². The van der Waals surface area contributed by atoms with Gasteiger partial charge in [0.15, 0.2) is 0 Å². The quantitative estimate of drug-likeness (QED) is 0.599. The van der Waals surface area contributed by atoms with Crippen molar-refractivity contribution < 1.29 is 4.79 Å². The Morgan fingerprint density at radius 3 is 3.00 bits per heavy atom. The number of hydrogen-bond donors (Lipinski definition) is 0. The summed E-state index contributed by atoms with van der Waals surface area (Å²) in [5.74, 6) is 0.0626. The van der Waals surface area contributed by atoms with E-state index in [4.69, 9.17) is 10.7 Å². The average molecular weight is 175 g/mol. The number of rotatable bonds is 2. The van der Waals surface area contributed by atoms with Crippen LogP contribution in [0.4, 0.5) is 0 Å². The predicted octanol–water partition coefficient (Wildman–Crippen LogP) is 2.53. The molecule has 0 saturated heterocycles. The van der Waals surface area contributed by atoms with Gasteiger partial charge in [-0.2, -0.15) is 0 Å². The number of allylic oxidation sites excluding steroid dienone is 3. The molecule has 1 atom stereocenters. The van der Waals surface area contributed by atoms with Crippen LogP contribution in [0.15, 0.2) is 23.1 Å². The fraction of sp³-hybridized carbons (Fsp3) is 0.286. The summed E-state index contributed by atoms with van der Waals surface area (Å²) in [4.78, 5) is 11.3. The second-order valence-corrected chi connectivity index (χ2v) is 3.17. The smallest absolute Gasteiger partial charge is 0.127 e. The van der Waals surface area contributed by atoms with Gasteiger partial charge in [-0.05, 0) is 28.1 Å². The van der Waals surface area contributed by atoms with E-state index in [1.807, 2.05) is 18.2 Å². The Labute approximate surface area is 68.6 Å². The Hall–Kier alpha value is -0.210. The molecule has 0 aliphatic heterocycles. The zero-order chi connectivity index (χ0) is 7.40. The summed E-state index contributed by atoms with van der Waals surface area (Å²) in [6.07, 6.45) is 7.45. The third kappa shape index (κ3) is 1.89. The van der Waals surface area contributed by atoms with E-state index in [1.165, 1.54) is 11.0 Å². The van der Waals surface area contributed by atoms with Gasteiger partial charge < -0.3 is 4.79 Å². The first-order chi connectivity index (χ1) is 4.86. The Bertz CT molecular complexity index is 186. The fourth-order valence-corrected chi connectivity index (χ4v) is 1.41. The molecule has 0 heterocycles. The molecule has 10 heavy (non-hydrogen) atoms. The minimum Gasteiger partial charge on any atom is -0.303 e. The average Bonchev–Trinajstić information content (AvgIpc) is 2.05. The molecule has 1 aliphatic rings. The van der Waals surface area contributed by atoms with Crippen molar-refractivity contribution in [3.05, 3.63) is 23.1 Å². The van der Waals surface area contributed by atoms with Crippen LogP contribution in [0, 0.1) is 5.92 Å². The molecule has 1 unspecified atom stereocenters. The van der Waals surface area contributed by atoms with Crippen LogP contribution in [-0.2, 0) is 4.79 Å². The van der Waals surface area contributed by atoms with Crippen molar-refractivity contribution in [3.8, 4) is 0 Å². The molecule has 1 rings (SSSR count). The summed E-state index contributed by atoms with van der Waals surface area (Å²) in [5, 5.41) is 0. The molecule has 0 spiro atoms. The molecule has 0 N–H and O–H groups in total. The topological polar surface area (TPSA) is 17.1 Å². The Morgan fingerprint density at radius 2 is 2.60 bits per heavy atom. The van der Waals surface area contributed by atoms with Crippen molar-refractivity contribution in [3.63, 3.8) is 0 Å². The lowest BCUT2D eigenvalue weighted by Gasteiger charge is -2.06. The zero-order valence-corrected chi connectivity index (χ0v) is 6.86. The zero-order valence-electron chi connectivity index (χ0n) is 5.29. The van der Waals surface area contributed by atoms with Gasteiger partial charge in [-0.15, -0.1) is 0 Å². The molecular formula is C7H7ClOS. The summed E-state index contributed by atoms with van der Waals surface area (Å²) in [5.41, 5.74) is 0. The van der Waals surface area contributed by atoms with Crippen LogP contribution >= 0.6 is 21.7 Å². The van der Waals surface area contributed by atoms with E-state index in [-0.39, 0.29) is 5.92 Å². The number of hydrogen-bond acceptors (Lipinski definition) is 2. The molecular weight excluding hydrogens is 168 g/mol. The normalized spacial score (nSPS) is 24.1. The summed E-state index contributed by atoms with van der Waals surface area (Å²) >= 11 is 0. The van der Waals surface area contributed by atoms with Crippen molar-refractivity contribution in [1.29, 1.82) is 0 Å². The standard InChI is InChI=1S/C7H7ClOS/c8-10-7-3-1-6(5-9)2-4-7/h1,3-6H,2H2. The second-order valence-electron chi connectivity index (χ2n) is 2.08. The lowest BCUT2D eigenvalue weighted by atomic mass is 10.0. The molecule has 54 valence electrons. The third-order valence-corrected chi connectivity index (χ3v) is 2.38. The predicted molar refractivity (Wildman–Crippen MR) is 44.8 cm³/mol. The van der Waals surface area contributed by atoms with Crippen molar-refractivity contribution in [1.82, 2.24) is 0 Å². The molecule has 0 aromatic heterocycles. The number of halogens is 1. The van der Waals surface area contributed by atoms with Gasteiger partial charge in [-0.25, -0.2) is 0 Å². The van der Waals surface area contributed by atoms with Crippen LogP contribution in [0.5, 0.6) is 0 Å². The molecule has 0 amide bonds. The third-order valence-electron chi connectivity index (χ3n) is 1.36. The summed E-state index contributed by atoms with van der Waals surface area (Å²) < 4.78 is 0. The fourth-order valence-electron chi connectivity index (χ4n) is 0.775. The highest BCUT2D eigenvalue weighted by molar-refractivity contribution is 8.24. The summed E-state index contributed by atoms with van der Waals surface area (Å²) in [7, 11) is 6.67. The van der Waals surface area contributed by atoms with Crippen LogP contribution in [-0.4, -0.2) is 6.29 Å². The number of aldehydes is 1. The van der Waals surface area contributed by atoms with Crippen LogP contribution in [0.3, 0.4) is 0 Å². The number of carbonyl (C=O) groups is 1. The minimum atomic E-state index is 0.0626. The lowest BCUT2D eigenvalue weighted by molar-refractivity contribution is -0.109. The van der Waals surface area contributed by atoms with Crippen molar-refractivity contribution in [2.24, 2.45) is 5.92 Å². The second kappa shape index (κ2) is 3.84. The van der Waals surface area contributed by atoms with Gasteiger partial charge in [0.2, 0.25) is 0 Å². The highest BCUT2D eigenvalue weighted by Gasteiger charge is 2.05. The summed E-state index contributed by atoms with van der Waals surface area (Å²) in [6.45, 7) is 0. The molecule has 0 saturated carbocycles. The van der Waals surface area contributed by atoms with Gasteiger partial charge in [-0.1, -0.05) is 18.2 Å². The van der Waals surface area contributed by atoms with Crippen molar-refractivity contribution in [2.45, 2.75) is 6.42 Å². The highest BCUT2D eigenvalue weighted by Crippen LogP contribution is 2.26. The molecule has 0 aromatic carbocycles. The molecule has 1 aliphatic carbocycles. The van der Waals surface area contributed by atoms with Crippen LogP contribution < -0.4 is 0 Å². The van der Waals surface area contributed by atoms with E-state index < -0.39 is 0 Å². The first-order valence-corrected chi connectivity index (χ1v) is 4.63. The van der Waals surface area contributed by atoms with Gasteiger partial charge in [-0.3, -0.25) is 0 Å². The monoisotopic (exact) mass is 174 g/mol. The first kappa shape index (κ1) is 7.89. The van der Waals surface area contributed by atoms with E-state index >= 15 is 0 Å². The van der Waals surface area contributed by atoms with Crippen LogP contribution in [0.25, 0.3) is 0 Å². The Kier molecular flexibility index (Phi) is 3.03. The van der Waals surface area contributed by atoms with E-state index in [0.717, 1.165) is 17.6 Å². The van der Waals surface area contributed by atoms with Gasteiger partial charge in [0, 0.05) is 10.8 Å². The maximum Gasteiger partial charge on any atom is 0.127 e. The van der Waals surface area contributed by atoms with Crippen molar-refractivity contribution >= 4 is 27.9 Å². The molecule has 0 radical (unpaired) electrons. The molecule has 3 heteroatoms. The van der Waals surface area contributed by atoms with Crippen molar-refractivity contribution in [2.75, 3.05) is 0 Å². The van der Waals surface area contributed by atoms with Gasteiger partial charge in [0.05, 0.1) is 0 Å². The summed E-state index contributed by atoms with van der Waals surface area (Å²) in [6, 6.07) is 0. The van der Waals surface area contributed by atoms with E-state index in [2.05, 4.69) is 0 Å². The molecule has 1 nitrogen and oxygen atoms in total. The van der Waals surface area contributed by atoms with Crippen LogP contribution in [0.1, 0.15) is 6.42 Å². The van der Waals surface area contributed by atoms with Gasteiger partial charge in [0.1, 0.15) is 6.29 Å². The molecule has 0 fully saturated rings. The van der Waals surface area contributed by atoms with E-state index in [1.54, 1.807) is 0 Å². The lowest BCUT2D eigenvalue weighted by Crippen LogP contribution is -1.98. The first-order valence-electron chi connectivity index (χ1n) is 2.99. The Balaban J connectivity index is 2.54. The molecule has 0 aromatic rings. The maximum atomic E-state index is 10.2. The van der Waals surface area contributed by atoms with E-state index in [0.29, 0.717) is 0 Å². The maximum absolute atomic E-state index is 10.2. The number of carbonyl (C=O) groups excluding carboxylic acids is 1. The largest absolute Gasteiger partial charge is 0.303 e. The molecule has 0 bridgehead atoms. The highest BCUT2D eigenvalue weighted by atomic mass is 35.7. The van der Waals surface area contributed by atoms with Crippen LogP contribution in [0.2, 0.25) is 0 Å².